The van der Waals surface area contributed by atoms with Crippen LogP contribution >= 0.6 is 0 Å². The maximum absolute atomic E-state index is 12.8. The molecule has 126 valence electrons. The monoisotopic (exact) mass is 323 g/mol. The summed E-state index contributed by atoms with van der Waals surface area (Å²) in [5.74, 6) is 0. The van der Waals surface area contributed by atoms with Gasteiger partial charge >= 0.3 is 6.03 Å². The molecule has 1 fully saturated rings. The van der Waals surface area contributed by atoms with Gasteiger partial charge in [0.05, 0.1) is 11.4 Å². The zero-order valence-corrected chi connectivity index (χ0v) is 14.7. The highest BCUT2D eigenvalue weighted by Gasteiger charge is 2.29. The predicted molar refractivity (Wildman–Crippen MR) is 97.3 cm³/mol. The van der Waals surface area contributed by atoms with Gasteiger partial charge in [0.25, 0.3) is 0 Å². The van der Waals surface area contributed by atoms with E-state index >= 15 is 0 Å². The van der Waals surface area contributed by atoms with E-state index in [0.29, 0.717) is 0 Å². The van der Waals surface area contributed by atoms with Gasteiger partial charge in [0, 0.05) is 18.3 Å². The van der Waals surface area contributed by atoms with Crippen molar-refractivity contribution in [3.63, 3.8) is 0 Å². The minimum absolute atomic E-state index is 0.00900. The topological polar surface area (TPSA) is 45.2 Å². The fourth-order valence-electron chi connectivity index (χ4n) is 3.59. The van der Waals surface area contributed by atoms with E-state index in [0.717, 1.165) is 48.4 Å². The lowest BCUT2D eigenvalue weighted by Crippen LogP contribution is -2.40. The van der Waals surface area contributed by atoms with Crippen molar-refractivity contribution in [1.29, 1.82) is 0 Å². The Morgan fingerprint density at radius 1 is 1.25 bits per heavy atom. The lowest BCUT2D eigenvalue weighted by molar-refractivity contribution is 0.206. The van der Waals surface area contributed by atoms with Crippen LogP contribution in [0.4, 0.5) is 10.5 Å². The highest BCUT2D eigenvalue weighted by atomic mass is 16.2. The number of hydrogen-bond donors (Lipinski definition) is 1. The van der Waals surface area contributed by atoms with Crippen LogP contribution in [0.3, 0.4) is 0 Å². The van der Waals surface area contributed by atoms with E-state index < -0.39 is 0 Å². The van der Waals surface area contributed by atoms with Crippen molar-refractivity contribution in [3.8, 4) is 0 Å². The second-order valence-corrected chi connectivity index (χ2v) is 6.65. The van der Waals surface area contributed by atoms with E-state index in [1.807, 2.05) is 37.8 Å². The number of hydrogen-bond acceptors (Lipinski definition) is 2. The van der Waals surface area contributed by atoms with Crippen LogP contribution in [-0.4, -0.2) is 28.5 Å². The number of aromatic nitrogens is 1. The van der Waals surface area contributed by atoms with E-state index in [2.05, 4.69) is 34.6 Å². The fourth-order valence-corrected chi connectivity index (χ4v) is 3.59. The van der Waals surface area contributed by atoms with Crippen LogP contribution in [0.25, 0.3) is 0 Å². The molecule has 4 heteroatoms. The normalized spacial score (nSPS) is 17.1. The van der Waals surface area contributed by atoms with Gasteiger partial charge in [-0.25, -0.2) is 4.79 Å². The van der Waals surface area contributed by atoms with Gasteiger partial charge in [0.1, 0.15) is 0 Å². The third-order valence-corrected chi connectivity index (χ3v) is 4.71. The van der Waals surface area contributed by atoms with Crippen molar-refractivity contribution in [3.05, 3.63) is 58.9 Å². The Bertz CT molecular complexity index is 704. The summed E-state index contributed by atoms with van der Waals surface area (Å²) in [4.78, 5) is 19.2. The molecule has 4 nitrogen and oxygen atoms in total. The molecule has 0 unspecified atom stereocenters. The molecule has 1 N–H and O–H groups in total. The Morgan fingerprint density at radius 2 is 2.00 bits per heavy atom. The number of likely N-dealkylation sites (tertiary alicyclic amines) is 1. The predicted octanol–water partition coefficient (Wildman–Crippen LogP) is 4.25. The van der Waals surface area contributed by atoms with Gasteiger partial charge in [-0.3, -0.25) is 4.98 Å². The summed E-state index contributed by atoms with van der Waals surface area (Å²) in [5.41, 5.74) is 5.04. The standard InChI is InChI=1S/C20H25N3O/c1-14-12-15(2)21-16(3)19(14)22-20(24)23-11-7-10-18(23)13-17-8-5-4-6-9-17/h4-6,8-9,12,18H,7,10-11,13H2,1-3H3,(H,22,24)/t18-/m1/s1. The lowest BCUT2D eigenvalue weighted by Gasteiger charge is -2.26. The van der Waals surface area contributed by atoms with E-state index in [1.54, 1.807) is 0 Å². The Balaban J connectivity index is 1.72. The molecule has 2 aromatic rings. The first-order chi connectivity index (χ1) is 11.5. The van der Waals surface area contributed by atoms with Crippen molar-refractivity contribution < 1.29 is 4.79 Å². The highest BCUT2D eigenvalue weighted by molar-refractivity contribution is 5.91. The molecule has 2 heterocycles. The smallest absolute Gasteiger partial charge is 0.321 e. The quantitative estimate of drug-likeness (QED) is 0.918. The number of nitrogens with zero attached hydrogens (tertiary/aromatic N) is 2. The van der Waals surface area contributed by atoms with Crippen LogP contribution < -0.4 is 5.32 Å². The first-order valence-electron chi connectivity index (χ1n) is 8.61. The summed E-state index contributed by atoms with van der Waals surface area (Å²) in [6, 6.07) is 12.7. The van der Waals surface area contributed by atoms with Gasteiger partial charge in [-0.05, 0) is 57.2 Å². The average Bonchev–Trinajstić information content (AvgIpc) is 3.00. The first kappa shape index (κ1) is 16.5. The Morgan fingerprint density at radius 3 is 2.71 bits per heavy atom. The molecule has 1 atom stereocenters. The number of nitrogens with one attached hydrogen (secondary N) is 1. The summed E-state index contributed by atoms with van der Waals surface area (Å²) in [6.07, 6.45) is 3.04. The molecule has 2 amide bonds. The summed E-state index contributed by atoms with van der Waals surface area (Å²) < 4.78 is 0. The number of anilines is 1. The lowest BCUT2D eigenvalue weighted by atomic mass is 10.0. The van der Waals surface area contributed by atoms with Gasteiger partial charge in [0.2, 0.25) is 0 Å². The largest absolute Gasteiger partial charge is 0.322 e. The molecular weight excluding hydrogens is 298 g/mol. The number of pyridine rings is 1. The van der Waals surface area contributed by atoms with E-state index in [4.69, 9.17) is 0 Å². The molecule has 0 bridgehead atoms. The van der Waals surface area contributed by atoms with Crippen LogP contribution in [0.5, 0.6) is 0 Å². The fraction of sp³-hybridized carbons (Fsp3) is 0.400. The summed E-state index contributed by atoms with van der Waals surface area (Å²) in [5, 5.41) is 3.09. The van der Waals surface area contributed by atoms with Crippen LogP contribution in [0.1, 0.15) is 35.4 Å². The third kappa shape index (κ3) is 3.58. The number of carbonyl (C=O) groups is 1. The molecular formula is C20H25N3O. The highest BCUT2D eigenvalue weighted by Crippen LogP contribution is 2.24. The molecule has 1 aromatic heterocycles. The minimum Gasteiger partial charge on any atom is -0.321 e. The van der Waals surface area contributed by atoms with Gasteiger partial charge in [-0.1, -0.05) is 30.3 Å². The van der Waals surface area contributed by atoms with Crippen molar-refractivity contribution in [2.24, 2.45) is 0 Å². The first-order valence-corrected chi connectivity index (χ1v) is 8.61. The van der Waals surface area contributed by atoms with E-state index in [1.165, 1.54) is 5.56 Å². The van der Waals surface area contributed by atoms with Crippen molar-refractivity contribution in [2.75, 3.05) is 11.9 Å². The van der Waals surface area contributed by atoms with E-state index in [9.17, 15) is 4.79 Å². The Labute approximate surface area is 143 Å². The zero-order chi connectivity index (χ0) is 17.1. The number of amides is 2. The molecule has 1 aromatic carbocycles. The summed E-state index contributed by atoms with van der Waals surface area (Å²) in [7, 11) is 0. The molecule has 0 saturated carbocycles. The maximum atomic E-state index is 12.8. The number of urea groups is 1. The van der Waals surface area contributed by atoms with Crippen LogP contribution in [0.2, 0.25) is 0 Å². The molecule has 1 saturated heterocycles. The van der Waals surface area contributed by atoms with Crippen LogP contribution in [0.15, 0.2) is 36.4 Å². The van der Waals surface area contributed by atoms with Gasteiger partial charge < -0.3 is 10.2 Å². The molecule has 1 aliphatic rings. The third-order valence-electron chi connectivity index (χ3n) is 4.71. The van der Waals surface area contributed by atoms with Gasteiger partial charge in [0.15, 0.2) is 0 Å². The number of benzene rings is 1. The number of carbonyl (C=O) groups excluding carboxylic acids is 1. The summed E-state index contributed by atoms with van der Waals surface area (Å²) in [6.45, 7) is 6.76. The van der Waals surface area contributed by atoms with E-state index in [-0.39, 0.29) is 12.1 Å². The Hall–Kier alpha value is -2.36. The molecule has 0 spiro atoms. The maximum Gasteiger partial charge on any atom is 0.322 e. The second-order valence-electron chi connectivity index (χ2n) is 6.65. The Kier molecular flexibility index (Phi) is 4.84. The molecule has 0 radical (unpaired) electrons. The molecule has 3 rings (SSSR count). The van der Waals surface area contributed by atoms with Crippen LogP contribution in [-0.2, 0) is 6.42 Å². The molecule has 0 aliphatic carbocycles. The van der Waals surface area contributed by atoms with Crippen molar-refractivity contribution in [2.45, 2.75) is 46.1 Å². The van der Waals surface area contributed by atoms with Crippen molar-refractivity contribution >= 4 is 11.7 Å². The van der Waals surface area contributed by atoms with Crippen molar-refractivity contribution in [1.82, 2.24) is 9.88 Å². The number of aryl methyl sites for hydroxylation is 3. The average molecular weight is 323 g/mol. The molecule has 1 aliphatic heterocycles. The van der Waals surface area contributed by atoms with Gasteiger partial charge in [-0.15, -0.1) is 0 Å². The zero-order valence-electron chi connectivity index (χ0n) is 14.7. The minimum atomic E-state index is -0.00900. The summed E-state index contributed by atoms with van der Waals surface area (Å²) >= 11 is 0. The molecule has 24 heavy (non-hydrogen) atoms. The second kappa shape index (κ2) is 7.04. The number of rotatable bonds is 3. The van der Waals surface area contributed by atoms with Crippen LogP contribution in [0, 0.1) is 20.8 Å². The SMILES string of the molecule is Cc1cc(C)c(NC(=O)N2CCC[C@@H]2Cc2ccccc2)c(C)n1. The van der Waals surface area contributed by atoms with Gasteiger partial charge in [-0.2, -0.15) is 0 Å².